The van der Waals surface area contributed by atoms with E-state index in [9.17, 15) is 13.2 Å². The van der Waals surface area contributed by atoms with Gasteiger partial charge >= 0.3 is 5.97 Å². The van der Waals surface area contributed by atoms with E-state index in [1.807, 2.05) is 0 Å². The molecule has 1 aromatic rings. The molecule has 0 fully saturated rings. The second-order valence-corrected chi connectivity index (χ2v) is 7.45. The number of hydrogen-bond acceptors (Lipinski definition) is 4. The van der Waals surface area contributed by atoms with Crippen LogP contribution in [-0.2, 0) is 21.1 Å². The molecule has 1 aromatic carbocycles. The van der Waals surface area contributed by atoms with Gasteiger partial charge in [-0.3, -0.25) is 4.79 Å². The summed E-state index contributed by atoms with van der Waals surface area (Å²) >= 11 is 0. The summed E-state index contributed by atoms with van der Waals surface area (Å²) in [5, 5.41) is 8.37. The van der Waals surface area contributed by atoms with E-state index in [-0.39, 0.29) is 11.4 Å². The van der Waals surface area contributed by atoms with E-state index in [4.69, 9.17) is 5.11 Å². The van der Waals surface area contributed by atoms with E-state index in [0.29, 0.717) is 6.54 Å². The summed E-state index contributed by atoms with van der Waals surface area (Å²) in [4.78, 5) is 12.8. The fourth-order valence-corrected chi connectivity index (χ4v) is 3.28. The molecule has 2 rings (SSSR count). The first kappa shape index (κ1) is 13.9. The molecule has 0 unspecified atom stereocenters. The van der Waals surface area contributed by atoms with Crippen LogP contribution in [0.3, 0.4) is 0 Å². The molecule has 0 saturated carbocycles. The van der Waals surface area contributed by atoms with Gasteiger partial charge in [0.2, 0.25) is 0 Å². The van der Waals surface area contributed by atoms with Crippen molar-refractivity contribution in [2.24, 2.45) is 0 Å². The van der Waals surface area contributed by atoms with Gasteiger partial charge in [-0.2, -0.15) is 0 Å². The molecular formula is C13H17NO4S. The number of carboxylic acids is 1. The minimum atomic E-state index is -3.32. The summed E-state index contributed by atoms with van der Waals surface area (Å²) in [6, 6.07) is 4.99. The molecule has 0 amide bonds. The quantitative estimate of drug-likeness (QED) is 0.902. The summed E-state index contributed by atoms with van der Waals surface area (Å²) in [5.74, 6) is -0.912. The van der Waals surface area contributed by atoms with Gasteiger partial charge in [-0.15, -0.1) is 0 Å². The van der Waals surface area contributed by atoms with Gasteiger partial charge in [0.25, 0.3) is 0 Å². The lowest BCUT2D eigenvalue weighted by Crippen LogP contribution is -2.27. The zero-order valence-corrected chi connectivity index (χ0v) is 11.8. The Labute approximate surface area is 112 Å². The first-order valence-corrected chi connectivity index (χ1v) is 7.70. The first-order valence-electron chi connectivity index (χ1n) is 6.16. The number of fused-ring (bicyclic) bond motifs is 1. The summed E-state index contributed by atoms with van der Waals surface area (Å²) in [7, 11) is -3.32. The highest BCUT2D eigenvalue weighted by Crippen LogP contribution is 2.31. The highest BCUT2D eigenvalue weighted by atomic mass is 32.2. The van der Waals surface area contributed by atoms with Crippen LogP contribution in [0.2, 0.25) is 0 Å². The highest BCUT2D eigenvalue weighted by molar-refractivity contribution is 7.92. The maximum absolute atomic E-state index is 12.1. The average molecular weight is 283 g/mol. The Morgan fingerprint density at radius 2 is 2.11 bits per heavy atom. The predicted octanol–water partition coefficient (Wildman–Crippen LogP) is 1.32. The molecule has 5 nitrogen and oxygen atoms in total. The Bertz CT molecular complexity index is 607. The molecular weight excluding hydrogens is 266 g/mol. The van der Waals surface area contributed by atoms with Crippen LogP contribution >= 0.6 is 0 Å². The molecule has 19 heavy (non-hydrogen) atoms. The highest BCUT2D eigenvalue weighted by Gasteiger charge is 2.25. The molecule has 0 bridgehead atoms. The smallest absolute Gasteiger partial charge is 0.323 e. The standard InChI is InChI=1S/C13H17NO4S/c1-9(2)19(17,18)11-4-3-10-5-6-14(8-13(15)16)12(10)7-11/h3-4,7,9H,5-6,8H2,1-2H3,(H,15,16). The van der Waals surface area contributed by atoms with Crippen molar-refractivity contribution in [1.82, 2.24) is 0 Å². The van der Waals surface area contributed by atoms with Crippen molar-refractivity contribution in [2.45, 2.75) is 30.4 Å². The first-order chi connectivity index (χ1) is 8.82. The second kappa shape index (κ2) is 4.85. The molecule has 0 atom stereocenters. The van der Waals surface area contributed by atoms with Crippen molar-refractivity contribution in [3.8, 4) is 0 Å². The van der Waals surface area contributed by atoms with Crippen molar-refractivity contribution in [3.05, 3.63) is 23.8 Å². The van der Waals surface area contributed by atoms with Gasteiger partial charge in [0.1, 0.15) is 6.54 Å². The molecule has 6 heteroatoms. The molecule has 1 aliphatic rings. The van der Waals surface area contributed by atoms with Crippen LogP contribution in [0.1, 0.15) is 19.4 Å². The summed E-state index contributed by atoms with van der Waals surface area (Å²) in [6.07, 6.45) is 0.755. The minimum absolute atomic E-state index is 0.0990. The molecule has 1 heterocycles. The van der Waals surface area contributed by atoms with E-state index in [2.05, 4.69) is 0 Å². The maximum atomic E-state index is 12.1. The Balaban J connectivity index is 2.41. The van der Waals surface area contributed by atoms with Gasteiger partial charge in [-0.25, -0.2) is 8.42 Å². The molecule has 0 spiro atoms. The monoisotopic (exact) mass is 283 g/mol. The maximum Gasteiger partial charge on any atom is 0.323 e. The number of aliphatic carboxylic acids is 1. The van der Waals surface area contributed by atoms with Crippen LogP contribution in [0.15, 0.2) is 23.1 Å². The number of carbonyl (C=O) groups is 1. The van der Waals surface area contributed by atoms with E-state index in [0.717, 1.165) is 17.7 Å². The van der Waals surface area contributed by atoms with Gasteiger partial charge in [0.05, 0.1) is 10.1 Å². The number of hydrogen-bond donors (Lipinski definition) is 1. The molecule has 0 saturated heterocycles. The molecule has 1 aliphatic heterocycles. The number of rotatable bonds is 4. The lowest BCUT2D eigenvalue weighted by Gasteiger charge is -2.17. The fourth-order valence-electron chi connectivity index (χ4n) is 2.20. The number of sulfone groups is 1. The molecule has 0 radical (unpaired) electrons. The molecule has 1 N–H and O–H groups in total. The van der Waals surface area contributed by atoms with Crippen molar-refractivity contribution < 1.29 is 18.3 Å². The van der Waals surface area contributed by atoms with E-state index in [1.54, 1.807) is 36.9 Å². The van der Waals surface area contributed by atoms with Crippen LogP contribution in [0, 0.1) is 0 Å². The van der Waals surface area contributed by atoms with E-state index < -0.39 is 21.1 Å². The van der Waals surface area contributed by atoms with Crippen molar-refractivity contribution in [3.63, 3.8) is 0 Å². The van der Waals surface area contributed by atoms with Crippen LogP contribution in [-0.4, -0.2) is 37.8 Å². The molecule has 0 aromatic heterocycles. The normalized spacial score (nSPS) is 14.8. The lowest BCUT2D eigenvalue weighted by molar-refractivity contribution is -0.135. The lowest BCUT2D eigenvalue weighted by atomic mass is 10.2. The third kappa shape index (κ3) is 2.58. The Kier molecular flexibility index (Phi) is 3.54. The van der Waals surface area contributed by atoms with Gasteiger partial charge in [-0.05, 0) is 38.0 Å². The van der Waals surface area contributed by atoms with Crippen LogP contribution in [0.4, 0.5) is 5.69 Å². The topological polar surface area (TPSA) is 74.7 Å². The predicted molar refractivity (Wildman–Crippen MR) is 72.3 cm³/mol. The van der Waals surface area contributed by atoms with Crippen molar-refractivity contribution >= 4 is 21.5 Å². The van der Waals surface area contributed by atoms with E-state index >= 15 is 0 Å². The largest absolute Gasteiger partial charge is 0.480 e. The number of benzene rings is 1. The molecule has 0 aliphatic carbocycles. The zero-order chi connectivity index (χ0) is 14.2. The zero-order valence-electron chi connectivity index (χ0n) is 11.0. The Hall–Kier alpha value is -1.56. The number of nitrogens with zero attached hydrogens (tertiary/aromatic N) is 1. The fraction of sp³-hybridized carbons (Fsp3) is 0.462. The van der Waals surface area contributed by atoms with Crippen molar-refractivity contribution in [1.29, 1.82) is 0 Å². The minimum Gasteiger partial charge on any atom is -0.480 e. The Morgan fingerprint density at radius 3 is 2.68 bits per heavy atom. The van der Waals surface area contributed by atoms with Gasteiger partial charge in [-0.1, -0.05) is 6.07 Å². The number of anilines is 1. The van der Waals surface area contributed by atoms with Gasteiger partial charge in [0.15, 0.2) is 9.84 Å². The number of carboxylic acid groups (broad SMARTS) is 1. The molecule has 104 valence electrons. The van der Waals surface area contributed by atoms with Gasteiger partial charge < -0.3 is 10.0 Å². The average Bonchev–Trinajstić information content (AvgIpc) is 2.71. The third-order valence-electron chi connectivity index (χ3n) is 3.32. The van der Waals surface area contributed by atoms with Crippen LogP contribution in [0.25, 0.3) is 0 Å². The second-order valence-electron chi connectivity index (χ2n) is 4.95. The third-order valence-corrected chi connectivity index (χ3v) is 5.48. The van der Waals surface area contributed by atoms with Crippen LogP contribution in [0.5, 0.6) is 0 Å². The van der Waals surface area contributed by atoms with Crippen molar-refractivity contribution in [2.75, 3.05) is 18.0 Å². The summed E-state index contributed by atoms with van der Waals surface area (Å²) in [6.45, 7) is 3.79. The van der Waals surface area contributed by atoms with Gasteiger partial charge in [0, 0.05) is 12.2 Å². The SMILES string of the molecule is CC(C)S(=O)(=O)c1ccc2c(c1)N(CC(=O)O)CC2. The summed E-state index contributed by atoms with van der Waals surface area (Å²) in [5.41, 5.74) is 1.73. The Morgan fingerprint density at radius 1 is 1.42 bits per heavy atom. The van der Waals surface area contributed by atoms with E-state index in [1.165, 1.54) is 0 Å². The summed E-state index contributed by atoms with van der Waals surface area (Å²) < 4.78 is 24.3. The van der Waals surface area contributed by atoms with Crippen LogP contribution < -0.4 is 4.90 Å².